The van der Waals surface area contributed by atoms with Crippen LogP contribution in [0.2, 0.25) is 0 Å². The lowest BCUT2D eigenvalue weighted by molar-refractivity contribution is -0.116. The summed E-state index contributed by atoms with van der Waals surface area (Å²) in [6, 6.07) is 14.6. The summed E-state index contributed by atoms with van der Waals surface area (Å²) in [6.07, 6.45) is 4.68. The van der Waals surface area contributed by atoms with E-state index < -0.39 is 5.69 Å². The lowest BCUT2D eigenvalue weighted by atomic mass is 9.97. The number of benzene rings is 2. The van der Waals surface area contributed by atoms with Gasteiger partial charge in [-0.05, 0) is 86.6 Å². The largest absolute Gasteiger partial charge is 0.494 e. The van der Waals surface area contributed by atoms with Gasteiger partial charge in [0.1, 0.15) is 17.1 Å². The summed E-state index contributed by atoms with van der Waals surface area (Å²) in [6.45, 7) is 4.32. The third-order valence-corrected chi connectivity index (χ3v) is 7.91. The predicted molar refractivity (Wildman–Crippen MR) is 144 cm³/mol. The first-order chi connectivity index (χ1) is 17.5. The molecule has 1 aliphatic rings. The Morgan fingerprint density at radius 1 is 1.00 bits per heavy atom. The maximum atomic E-state index is 13.7. The lowest BCUT2D eigenvalue weighted by Crippen LogP contribution is -2.40. The van der Waals surface area contributed by atoms with Gasteiger partial charge in [-0.1, -0.05) is 19.1 Å². The van der Waals surface area contributed by atoms with E-state index in [1.807, 2.05) is 31.2 Å². The first-order valence-corrected chi connectivity index (χ1v) is 13.2. The number of nitrogens with zero attached hydrogens (tertiary/aromatic N) is 2. The number of fused-ring (bicyclic) bond motifs is 3. The summed E-state index contributed by atoms with van der Waals surface area (Å²) in [4.78, 5) is 42.2. The highest BCUT2D eigenvalue weighted by atomic mass is 32.1. The molecule has 1 aliphatic carbocycles. The van der Waals surface area contributed by atoms with Crippen molar-refractivity contribution in [2.24, 2.45) is 0 Å². The van der Waals surface area contributed by atoms with E-state index >= 15 is 0 Å². The normalized spacial score (nSPS) is 12.9. The molecule has 2 aromatic heterocycles. The molecule has 4 aromatic rings. The second-order valence-electron chi connectivity index (χ2n) is 8.93. The zero-order chi connectivity index (χ0) is 25.2. The molecule has 36 heavy (non-hydrogen) atoms. The van der Waals surface area contributed by atoms with Crippen molar-refractivity contribution in [1.29, 1.82) is 0 Å². The Labute approximate surface area is 213 Å². The molecular weight excluding hydrogens is 474 g/mol. The van der Waals surface area contributed by atoms with E-state index in [4.69, 9.17) is 4.74 Å². The van der Waals surface area contributed by atoms with Crippen LogP contribution in [0.25, 0.3) is 15.9 Å². The van der Waals surface area contributed by atoms with E-state index in [2.05, 4.69) is 12.2 Å². The van der Waals surface area contributed by atoms with Gasteiger partial charge in [0.05, 0.1) is 17.7 Å². The summed E-state index contributed by atoms with van der Waals surface area (Å²) < 4.78 is 8.15. The number of aryl methyl sites for hydroxylation is 3. The van der Waals surface area contributed by atoms with Crippen LogP contribution in [0.4, 0.5) is 5.69 Å². The van der Waals surface area contributed by atoms with Crippen LogP contribution in [0.15, 0.2) is 58.1 Å². The van der Waals surface area contributed by atoms with Crippen LogP contribution in [0.1, 0.15) is 42.7 Å². The molecule has 0 unspecified atom stereocenters. The fraction of sp³-hybridized carbons (Fsp3) is 0.321. The number of aromatic nitrogens is 2. The summed E-state index contributed by atoms with van der Waals surface area (Å²) >= 11 is 1.47. The number of amides is 1. The highest BCUT2D eigenvalue weighted by Gasteiger charge is 2.25. The Hall–Kier alpha value is -3.65. The SMILES string of the molecule is CCOc1ccc(-n2c(=O)c3c4c(sc3n(CC(=O)Nc3ccc(CC)cc3)c2=O)CCCC4)cc1. The van der Waals surface area contributed by atoms with Crippen LogP contribution in [0, 0.1) is 0 Å². The molecule has 2 aromatic carbocycles. The Morgan fingerprint density at radius 2 is 1.72 bits per heavy atom. The lowest BCUT2D eigenvalue weighted by Gasteiger charge is -2.14. The molecular formula is C28H29N3O4S. The van der Waals surface area contributed by atoms with Crippen molar-refractivity contribution in [3.8, 4) is 11.4 Å². The van der Waals surface area contributed by atoms with Crippen LogP contribution in [-0.2, 0) is 30.6 Å². The maximum absolute atomic E-state index is 13.7. The van der Waals surface area contributed by atoms with Crippen molar-refractivity contribution in [3.63, 3.8) is 0 Å². The zero-order valence-electron chi connectivity index (χ0n) is 20.5. The third-order valence-electron chi connectivity index (χ3n) is 6.59. The smallest absolute Gasteiger partial charge is 0.337 e. The van der Waals surface area contributed by atoms with Crippen LogP contribution >= 0.6 is 11.3 Å². The monoisotopic (exact) mass is 503 g/mol. The van der Waals surface area contributed by atoms with E-state index in [1.54, 1.807) is 24.3 Å². The second kappa shape index (κ2) is 10.1. The summed E-state index contributed by atoms with van der Waals surface area (Å²) in [5.41, 5.74) is 2.48. The molecule has 0 atom stereocenters. The molecule has 0 bridgehead atoms. The zero-order valence-corrected chi connectivity index (χ0v) is 21.3. The minimum atomic E-state index is -0.522. The topological polar surface area (TPSA) is 82.3 Å². The van der Waals surface area contributed by atoms with Crippen molar-refractivity contribution < 1.29 is 9.53 Å². The van der Waals surface area contributed by atoms with Crippen LogP contribution in [0.5, 0.6) is 5.75 Å². The number of nitrogens with one attached hydrogen (secondary N) is 1. The van der Waals surface area contributed by atoms with Crippen LogP contribution in [-0.4, -0.2) is 21.6 Å². The first kappa shape index (κ1) is 24.1. The minimum absolute atomic E-state index is 0.179. The van der Waals surface area contributed by atoms with Crippen molar-refractivity contribution in [2.45, 2.75) is 52.5 Å². The van der Waals surface area contributed by atoms with Gasteiger partial charge in [0, 0.05) is 10.6 Å². The van der Waals surface area contributed by atoms with Crippen molar-refractivity contribution in [3.05, 3.63) is 85.4 Å². The Kier molecular flexibility index (Phi) is 6.78. The van der Waals surface area contributed by atoms with Gasteiger partial charge in [-0.25, -0.2) is 9.36 Å². The van der Waals surface area contributed by atoms with Crippen LogP contribution in [0.3, 0.4) is 0 Å². The van der Waals surface area contributed by atoms with E-state index in [0.29, 0.717) is 33.9 Å². The fourth-order valence-electron chi connectivity index (χ4n) is 4.76. The molecule has 1 amide bonds. The van der Waals surface area contributed by atoms with Gasteiger partial charge in [-0.3, -0.25) is 14.2 Å². The summed E-state index contributed by atoms with van der Waals surface area (Å²) in [5.74, 6) is 0.350. The number of hydrogen-bond acceptors (Lipinski definition) is 5. The average Bonchev–Trinajstić information content (AvgIpc) is 3.28. The Bertz CT molecular complexity index is 1530. The van der Waals surface area contributed by atoms with Gasteiger partial charge >= 0.3 is 5.69 Å². The minimum Gasteiger partial charge on any atom is -0.494 e. The number of hydrogen-bond donors (Lipinski definition) is 1. The van der Waals surface area contributed by atoms with Gasteiger partial charge in [-0.15, -0.1) is 11.3 Å². The number of anilines is 1. The molecule has 5 rings (SSSR count). The van der Waals surface area contributed by atoms with Gasteiger partial charge in [0.15, 0.2) is 0 Å². The number of carbonyl (C=O) groups is 1. The van der Waals surface area contributed by atoms with E-state index in [1.165, 1.54) is 26.0 Å². The summed E-state index contributed by atoms with van der Waals surface area (Å²) in [5, 5.41) is 3.45. The molecule has 1 N–H and O–H groups in total. The van der Waals surface area contributed by atoms with Gasteiger partial charge in [-0.2, -0.15) is 0 Å². The standard InChI is InChI=1S/C28H29N3O4S/c1-3-18-9-11-19(12-10-18)29-24(32)17-30-27-25(22-7-5-6-8-23(22)36-27)26(33)31(28(30)34)20-13-15-21(16-14-20)35-4-2/h9-16H,3-8,17H2,1-2H3,(H,29,32). The average molecular weight is 504 g/mol. The van der Waals surface area contributed by atoms with Crippen molar-refractivity contribution in [2.75, 3.05) is 11.9 Å². The van der Waals surface area contributed by atoms with Crippen LogP contribution < -0.4 is 21.3 Å². The molecule has 8 heteroatoms. The number of carbonyl (C=O) groups excluding carboxylic acids is 1. The third kappa shape index (κ3) is 4.48. The molecule has 0 radical (unpaired) electrons. The number of rotatable bonds is 7. The predicted octanol–water partition coefficient (Wildman–Crippen LogP) is 4.69. The fourth-order valence-corrected chi connectivity index (χ4v) is 6.13. The van der Waals surface area contributed by atoms with Gasteiger partial charge in [0.2, 0.25) is 5.91 Å². The molecule has 0 saturated carbocycles. The highest BCUT2D eigenvalue weighted by Crippen LogP contribution is 2.34. The van der Waals surface area contributed by atoms with E-state index in [-0.39, 0.29) is 18.0 Å². The number of ether oxygens (including phenoxy) is 1. The van der Waals surface area contributed by atoms with Gasteiger partial charge in [0.25, 0.3) is 5.56 Å². The molecule has 2 heterocycles. The van der Waals surface area contributed by atoms with Gasteiger partial charge < -0.3 is 10.1 Å². The first-order valence-electron chi connectivity index (χ1n) is 12.4. The molecule has 0 aliphatic heterocycles. The number of thiophene rings is 1. The highest BCUT2D eigenvalue weighted by molar-refractivity contribution is 7.18. The van der Waals surface area contributed by atoms with Crippen molar-refractivity contribution >= 4 is 33.1 Å². The van der Waals surface area contributed by atoms with E-state index in [0.717, 1.165) is 42.5 Å². The Balaban J connectivity index is 1.60. The molecule has 0 spiro atoms. The van der Waals surface area contributed by atoms with E-state index in [9.17, 15) is 14.4 Å². The maximum Gasteiger partial charge on any atom is 0.337 e. The molecule has 0 saturated heterocycles. The quantitative estimate of drug-likeness (QED) is 0.397. The molecule has 0 fully saturated rings. The summed E-state index contributed by atoms with van der Waals surface area (Å²) in [7, 11) is 0. The molecule has 186 valence electrons. The Morgan fingerprint density at radius 3 is 2.42 bits per heavy atom. The molecule has 7 nitrogen and oxygen atoms in total. The van der Waals surface area contributed by atoms with Crippen molar-refractivity contribution in [1.82, 2.24) is 9.13 Å². The second-order valence-corrected chi connectivity index (χ2v) is 10.0.